The van der Waals surface area contributed by atoms with Crippen LogP contribution in [0.3, 0.4) is 0 Å². The fourth-order valence-corrected chi connectivity index (χ4v) is 4.02. The Balaban J connectivity index is 1.62. The average molecular weight is 251 g/mol. The van der Waals surface area contributed by atoms with Crippen molar-refractivity contribution in [1.82, 2.24) is 4.90 Å². The summed E-state index contributed by atoms with van der Waals surface area (Å²) in [7, 11) is 0. The van der Waals surface area contributed by atoms with Crippen molar-refractivity contribution in [2.75, 3.05) is 19.7 Å². The summed E-state index contributed by atoms with van der Waals surface area (Å²) < 4.78 is 5.84. The van der Waals surface area contributed by atoms with Gasteiger partial charge in [-0.25, -0.2) is 0 Å². The molecule has 0 aromatic carbocycles. The van der Waals surface area contributed by atoms with Crippen LogP contribution >= 0.6 is 0 Å². The molecule has 102 valence electrons. The van der Waals surface area contributed by atoms with E-state index in [9.17, 15) is 4.79 Å². The number of morpholine rings is 1. The normalized spacial score (nSPS) is 41.9. The molecule has 18 heavy (non-hydrogen) atoms. The molecule has 1 saturated heterocycles. The number of hydrogen-bond acceptors (Lipinski definition) is 3. The van der Waals surface area contributed by atoms with Gasteiger partial charge in [-0.15, -0.1) is 0 Å². The molecule has 0 amide bonds. The summed E-state index contributed by atoms with van der Waals surface area (Å²) in [6, 6.07) is 0.601. The van der Waals surface area contributed by atoms with Crippen LogP contribution in [0.25, 0.3) is 0 Å². The van der Waals surface area contributed by atoms with E-state index in [0.29, 0.717) is 23.8 Å². The van der Waals surface area contributed by atoms with Crippen molar-refractivity contribution >= 4 is 5.78 Å². The predicted molar refractivity (Wildman–Crippen MR) is 70.5 cm³/mol. The minimum absolute atomic E-state index is 0.299. The van der Waals surface area contributed by atoms with Crippen LogP contribution in [0, 0.1) is 11.8 Å². The number of rotatable bonds is 2. The van der Waals surface area contributed by atoms with Gasteiger partial charge in [0.25, 0.3) is 0 Å². The van der Waals surface area contributed by atoms with E-state index in [1.54, 1.807) is 0 Å². The molecule has 3 aliphatic rings. The van der Waals surface area contributed by atoms with E-state index in [4.69, 9.17) is 4.74 Å². The van der Waals surface area contributed by atoms with Crippen LogP contribution in [0.4, 0.5) is 0 Å². The van der Waals surface area contributed by atoms with Gasteiger partial charge in [0.15, 0.2) is 0 Å². The van der Waals surface area contributed by atoms with Crippen molar-refractivity contribution in [3.05, 3.63) is 0 Å². The summed E-state index contributed by atoms with van der Waals surface area (Å²) in [4.78, 5) is 14.6. The lowest BCUT2D eigenvalue weighted by Crippen LogP contribution is -2.51. The number of carbonyl (C=O) groups excluding carboxylic acids is 1. The van der Waals surface area contributed by atoms with Crippen molar-refractivity contribution in [3.8, 4) is 0 Å². The first-order chi connectivity index (χ1) is 8.74. The second-order valence-electron chi connectivity index (χ2n) is 6.45. The van der Waals surface area contributed by atoms with E-state index in [1.807, 2.05) is 0 Å². The van der Waals surface area contributed by atoms with E-state index in [0.717, 1.165) is 44.9 Å². The zero-order valence-electron chi connectivity index (χ0n) is 11.4. The Kier molecular flexibility index (Phi) is 3.71. The van der Waals surface area contributed by atoms with Gasteiger partial charge in [0.1, 0.15) is 5.78 Å². The highest BCUT2D eigenvalue weighted by molar-refractivity contribution is 5.81. The highest BCUT2D eigenvalue weighted by Gasteiger charge is 2.38. The van der Waals surface area contributed by atoms with Crippen LogP contribution in [0.2, 0.25) is 0 Å². The van der Waals surface area contributed by atoms with Crippen molar-refractivity contribution in [2.24, 2.45) is 11.8 Å². The Labute approximate surface area is 110 Å². The van der Waals surface area contributed by atoms with Crippen LogP contribution in [0.1, 0.15) is 45.4 Å². The molecule has 0 aromatic rings. The van der Waals surface area contributed by atoms with Crippen LogP contribution in [-0.4, -0.2) is 42.5 Å². The molecule has 2 saturated carbocycles. The minimum atomic E-state index is 0.299. The highest BCUT2D eigenvalue weighted by atomic mass is 16.5. The van der Waals surface area contributed by atoms with Gasteiger partial charge in [-0.05, 0) is 38.0 Å². The summed E-state index contributed by atoms with van der Waals surface area (Å²) in [5.74, 6) is 1.54. The molecule has 3 fully saturated rings. The third kappa shape index (κ3) is 2.48. The molecule has 4 atom stereocenters. The van der Waals surface area contributed by atoms with Gasteiger partial charge >= 0.3 is 0 Å². The molecular weight excluding hydrogens is 226 g/mol. The number of fused-ring (bicyclic) bond motifs is 1. The Bertz CT molecular complexity index is 318. The molecule has 3 heteroatoms. The van der Waals surface area contributed by atoms with Crippen molar-refractivity contribution < 1.29 is 9.53 Å². The summed E-state index contributed by atoms with van der Waals surface area (Å²) in [5.41, 5.74) is 0. The maximum Gasteiger partial charge on any atom is 0.137 e. The quantitative estimate of drug-likeness (QED) is 0.754. The zero-order chi connectivity index (χ0) is 12.5. The molecule has 0 spiro atoms. The number of Topliss-reactive ketones (excluding diaryl/α,β-unsaturated/α-hetero) is 1. The molecule has 3 nitrogen and oxygen atoms in total. The lowest BCUT2D eigenvalue weighted by atomic mass is 9.81. The lowest BCUT2D eigenvalue weighted by molar-refractivity contribution is -0.128. The fourth-order valence-electron chi connectivity index (χ4n) is 4.02. The van der Waals surface area contributed by atoms with E-state index in [1.165, 1.54) is 19.3 Å². The van der Waals surface area contributed by atoms with Crippen LogP contribution in [-0.2, 0) is 9.53 Å². The summed E-state index contributed by atoms with van der Waals surface area (Å²) in [5, 5.41) is 0. The Morgan fingerprint density at radius 3 is 3.11 bits per heavy atom. The maximum absolute atomic E-state index is 12.0. The molecule has 1 heterocycles. The Hall–Kier alpha value is -0.410. The fraction of sp³-hybridized carbons (Fsp3) is 0.933. The van der Waals surface area contributed by atoms with E-state index in [-0.39, 0.29) is 0 Å². The SMILES string of the molecule is CC1CCC(=O)C(CN2CCOC3CCCC32)C1. The average Bonchev–Trinajstić information content (AvgIpc) is 2.83. The van der Waals surface area contributed by atoms with Crippen molar-refractivity contribution in [2.45, 2.75) is 57.6 Å². The van der Waals surface area contributed by atoms with Crippen LogP contribution < -0.4 is 0 Å². The molecule has 0 bridgehead atoms. The first-order valence-electron chi connectivity index (χ1n) is 7.62. The first-order valence-corrected chi connectivity index (χ1v) is 7.62. The third-order valence-corrected chi connectivity index (χ3v) is 5.08. The highest BCUT2D eigenvalue weighted by Crippen LogP contribution is 2.32. The number of nitrogens with zero attached hydrogens (tertiary/aromatic N) is 1. The van der Waals surface area contributed by atoms with Gasteiger partial charge in [-0.3, -0.25) is 9.69 Å². The summed E-state index contributed by atoms with van der Waals surface area (Å²) in [6.45, 7) is 5.17. The maximum atomic E-state index is 12.0. The molecular formula is C15H25NO2. The van der Waals surface area contributed by atoms with Gasteiger partial charge in [0.05, 0.1) is 12.7 Å². The summed E-state index contributed by atoms with van der Waals surface area (Å²) in [6.07, 6.45) is 7.25. The van der Waals surface area contributed by atoms with Crippen molar-refractivity contribution in [1.29, 1.82) is 0 Å². The largest absolute Gasteiger partial charge is 0.375 e. The first kappa shape index (κ1) is 12.6. The molecule has 3 rings (SSSR count). The van der Waals surface area contributed by atoms with E-state index >= 15 is 0 Å². The van der Waals surface area contributed by atoms with E-state index < -0.39 is 0 Å². The zero-order valence-corrected chi connectivity index (χ0v) is 11.4. The van der Waals surface area contributed by atoms with Gasteiger partial charge in [0.2, 0.25) is 0 Å². The molecule has 4 unspecified atom stereocenters. The monoisotopic (exact) mass is 251 g/mol. The standard InChI is InChI=1S/C15H25NO2/c1-11-5-6-14(17)12(9-11)10-16-7-8-18-15-4-2-3-13(15)16/h11-13,15H,2-10H2,1H3. The molecule has 1 aliphatic heterocycles. The number of ether oxygens (including phenoxy) is 1. The minimum Gasteiger partial charge on any atom is -0.375 e. The van der Waals surface area contributed by atoms with Gasteiger partial charge < -0.3 is 4.74 Å². The predicted octanol–water partition coefficient (Wildman–Crippen LogP) is 2.25. The second kappa shape index (κ2) is 5.30. The molecule has 0 radical (unpaired) electrons. The third-order valence-electron chi connectivity index (χ3n) is 5.08. The summed E-state index contributed by atoms with van der Waals surface area (Å²) >= 11 is 0. The van der Waals surface area contributed by atoms with Crippen LogP contribution in [0.5, 0.6) is 0 Å². The molecule has 0 N–H and O–H groups in total. The van der Waals surface area contributed by atoms with Gasteiger partial charge in [0, 0.05) is 31.5 Å². The Morgan fingerprint density at radius 1 is 1.33 bits per heavy atom. The van der Waals surface area contributed by atoms with Crippen molar-refractivity contribution in [3.63, 3.8) is 0 Å². The van der Waals surface area contributed by atoms with Gasteiger partial charge in [-0.1, -0.05) is 6.92 Å². The number of hydrogen-bond donors (Lipinski definition) is 0. The van der Waals surface area contributed by atoms with E-state index in [2.05, 4.69) is 11.8 Å². The number of ketones is 1. The lowest BCUT2D eigenvalue weighted by Gasteiger charge is -2.40. The van der Waals surface area contributed by atoms with Gasteiger partial charge in [-0.2, -0.15) is 0 Å². The topological polar surface area (TPSA) is 29.5 Å². The smallest absolute Gasteiger partial charge is 0.137 e. The van der Waals surface area contributed by atoms with Crippen LogP contribution in [0.15, 0.2) is 0 Å². The number of carbonyl (C=O) groups is 1. The molecule has 2 aliphatic carbocycles. The second-order valence-corrected chi connectivity index (χ2v) is 6.45. The Morgan fingerprint density at radius 2 is 2.22 bits per heavy atom. The molecule has 0 aromatic heterocycles.